The Morgan fingerprint density at radius 3 is 2.42 bits per heavy atom. The third-order valence-electron chi connectivity index (χ3n) is 5.54. The van der Waals surface area contributed by atoms with Gasteiger partial charge in [0.1, 0.15) is 5.82 Å². The highest BCUT2D eigenvalue weighted by atomic mass is 19.1. The van der Waals surface area contributed by atoms with Gasteiger partial charge < -0.3 is 10.2 Å². The molecule has 5 nitrogen and oxygen atoms in total. The van der Waals surface area contributed by atoms with Crippen molar-refractivity contribution in [3.05, 3.63) is 30.1 Å². The molecule has 1 aromatic rings. The molecule has 6 heteroatoms. The van der Waals surface area contributed by atoms with E-state index >= 15 is 0 Å². The fourth-order valence-corrected chi connectivity index (χ4v) is 4.08. The summed E-state index contributed by atoms with van der Waals surface area (Å²) in [5, 5.41) is 2.92. The van der Waals surface area contributed by atoms with Gasteiger partial charge in [-0.2, -0.15) is 0 Å². The molecule has 3 saturated heterocycles. The molecule has 3 aliphatic rings. The first-order chi connectivity index (χ1) is 11.7. The predicted molar refractivity (Wildman–Crippen MR) is 91.5 cm³/mol. The minimum absolute atomic E-state index is 0.175. The lowest BCUT2D eigenvalue weighted by Crippen LogP contribution is -2.63. The molecule has 0 radical (unpaired) electrons. The molecule has 1 atom stereocenters. The Morgan fingerprint density at radius 1 is 1.08 bits per heavy atom. The highest BCUT2D eigenvalue weighted by Gasteiger charge is 2.35. The molecule has 1 aromatic carbocycles. The van der Waals surface area contributed by atoms with E-state index in [1.54, 1.807) is 0 Å². The molecule has 3 aliphatic heterocycles. The number of hydrogen-bond acceptors (Lipinski definition) is 4. The third-order valence-corrected chi connectivity index (χ3v) is 5.54. The van der Waals surface area contributed by atoms with Gasteiger partial charge in [-0.1, -0.05) is 0 Å². The van der Waals surface area contributed by atoms with Gasteiger partial charge in [-0.05, 0) is 30.2 Å². The van der Waals surface area contributed by atoms with E-state index in [2.05, 4.69) is 20.0 Å². The van der Waals surface area contributed by atoms with Crippen LogP contribution in [0.15, 0.2) is 24.3 Å². The number of nitrogens with zero attached hydrogens (tertiary/aromatic N) is 3. The minimum Gasteiger partial charge on any atom is -0.369 e. The molecule has 1 N–H and O–H groups in total. The van der Waals surface area contributed by atoms with E-state index < -0.39 is 0 Å². The zero-order valence-electron chi connectivity index (χ0n) is 14.0. The van der Waals surface area contributed by atoms with Crippen molar-refractivity contribution in [2.45, 2.75) is 12.5 Å². The Bertz CT molecular complexity index is 579. The monoisotopic (exact) mass is 332 g/mol. The van der Waals surface area contributed by atoms with Crippen molar-refractivity contribution in [3.63, 3.8) is 0 Å². The summed E-state index contributed by atoms with van der Waals surface area (Å²) in [6.07, 6.45) is 0.692. The maximum absolute atomic E-state index is 13.0. The van der Waals surface area contributed by atoms with Crippen molar-refractivity contribution < 1.29 is 9.18 Å². The largest absolute Gasteiger partial charge is 0.369 e. The first-order valence-corrected chi connectivity index (χ1v) is 8.91. The lowest BCUT2D eigenvalue weighted by atomic mass is 10.0. The lowest BCUT2D eigenvalue weighted by Gasteiger charge is -2.49. The number of amides is 1. The quantitative estimate of drug-likeness (QED) is 0.884. The molecule has 0 aromatic heterocycles. The maximum Gasteiger partial charge on any atom is 0.220 e. The van der Waals surface area contributed by atoms with Gasteiger partial charge in [0.15, 0.2) is 0 Å². The van der Waals surface area contributed by atoms with Crippen molar-refractivity contribution >= 4 is 11.6 Å². The summed E-state index contributed by atoms with van der Waals surface area (Å²) in [7, 11) is 0. The van der Waals surface area contributed by atoms with Crippen LogP contribution in [0.3, 0.4) is 0 Å². The zero-order valence-corrected chi connectivity index (χ0v) is 14.0. The average molecular weight is 332 g/mol. The number of halogens is 1. The SMILES string of the molecule is O=C1CC(CN2CC(N3CCN(c4ccc(F)cc4)CC3)C2)CN1. The molecule has 3 fully saturated rings. The van der Waals surface area contributed by atoms with Gasteiger partial charge in [0.25, 0.3) is 0 Å². The highest BCUT2D eigenvalue weighted by molar-refractivity contribution is 5.78. The lowest BCUT2D eigenvalue weighted by molar-refractivity contribution is -0.119. The smallest absolute Gasteiger partial charge is 0.220 e. The fraction of sp³-hybridized carbons (Fsp3) is 0.611. The average Bonchev–Trinajstić information content (AvgIpc) is 2.97. The number of anilines is 1. The fourth-order valence-electron chi connectivity index (χ4n) is 4.08. The highest BCUT2D eigenvalue weighted by Crippen LogP contribution is 2.22. The molecule has 130 valence electrons. The second kappa shape index (κ2) is 6.69. The molecule has 0 bridgehead atoms. The third kappa shape index (κ3) is 3.39. The molecule has 1 amide bonds. The number of carbonyl (C=O) groups is 1. The van der Waals surface area contributed by atoms with E-state index in [1.165, 1.54) is 12.1 Å². The maximum atomic E-state index is 13.0. The molecule has 1 unspecified atom stereocenters. The molecule has 0 spiro atoms. The Kier molecular flexibility index (Phi) is 4.41. The molecular weight excluding hydrogens is 307 g/mol. The minimum atomic E-state index is -0.175. The van der Waals surface area contributed by atoms with Crippen molar-refractivity contribution in [1.29, 1.82) is 0 Å². The standard InChI is InChI=1S/C18H25FN4O/c19-15-1-3-16(4-2-15)22-5-7-23(8-6-22)17-12-21(13-17)11-14-9-18(24)20-10-14/h1-4,14,17H,5-13H2,(H,20,24). The second-order valence-electron chi connectivity index (χ2n) is 7.25. The summed E-state index contributed by atoms with van der Waals surface area (Å²) in [4.78, 5) is 18.6. The second-order valence-corrected chi connectivity index (χ2v) is 7.25. The Balaban J connectivity index is 1.20. The van der Waals surface area contributed by atoms with Crippen LogP contribution in [-0.2, 0) is 4.79 Å². The van der Waals surface area contributed by atoms with Gasteiger partial charge >= 0.3 is 0 Å². The summed E-state index contributed by atoms with van der Waals surface area (Å²) >= 11 is 0. The van der Waals surface area contributed by atoms with Crippen molar-refractivity contribution in [3.8, 4) is 0 Å². The molecule has 24 heavy (non-hydrogen) atoms. The van der Waals surface area contributed by atoms with E-state index in [1.807, 2.05) is 12.1 Å². The van der Waals surface area contributed by atoms with Crippen molar-refractivity contribution in [2.75, 3.05) is 57.3 Å². The summed E-state index contributed by atoms with van der Waals surface area (Å²) < 4.78 is 13.0. The number of nitrogens with one attached hydrogen (secondary N) is 1. The molecule has 0 aliphatic carbocycles. The molecule has 0 saturated carbocycles. The van der Waals surface area contributed by atoms with E-state index in [-0.39, 0.29) is 11.7 Å². The van der Waals surface area contributed by atoms with E-state index in [9.17, 15) is 9.18 Å². The Hall–Kier alpha value is -1.66. The normalized spacial score (nSPS) is 26.5. The number of hydrogen-bond donors (Lipinski definition) is 1. The van der Waals surface area contributed by atoms with Crippen LogP contribution in [0, 0.1) is 11.7 Å². The Morgan fingerprint density at radius 2 is 1.79 bits per heavy atom. The van der Waals surface area contributed by atoms with Crippen LogP contribution < -0.4 is 10.2 Å². The molecule has 4 rings (SSSR count). The van der Waals surface area contributed by atoms with Crippen molar-refractivity contribution in [2.24, 2.45) is 5.92 Å². The number of likely N-dealkylation sites (tertiary alicyclic amines) is 1. The first kappa shape index (κ1) is 15.8. The van der Waals surface area contributed by atoms with Gasteiger partial charge in [0.2, 0.25) is 5.91 Å². The number of piperazine rings is 1. The van der Waals surface area contributed by atoms with E-state index in [0.29, 0.717) is 18.4 Å². The predicted octanol–water partition coefficient (Wildman–Crippen LogP) is 0.768. The molecule has 3 heterocycles. The van der Waals surface area contributed by atoms with Gasteiger partial charge in [0, 0.05) is 70.5 Å². The van der Waals surface area contributed by atoms with Crippen LogP contribution in [0.2, 0.25) is 0 Å². The first-order valence-electron chi connectivity index (χ1n) is 8.91. The van der Waals surface area contributed by atoms with Crippen LogP contribution in [0.5, 0.6) is 0 Å². The summed E-state index contributed by atoms with van der Waals surface area (Å²) in [6.45, 7) is 8.29. The van der Waals surface area contributed by atoms with Crippen molar-refractivity contribution in [1.82, 2.24) is 15.1 Å². The van der Waals surface area contributed by atoms with Crippen LogP contribution in [-0.4, -0.2) is 74.1 Å². The topological polar surface area (TPSA) is 38.8 Å². The van der Waals surface area contributed by atoms with Gasteiger partial charge in [-0.3, -0.25) is 14.6 Å². The van der Waals surface area contributed by atoms with Gasteiger partial charge in [-0.25, -0.2) is 4.39 Å². The van der Waals surface area contributed by atoms with E-state index in [4.69, 9.17) is 0 Å². The summed E-state index contributed by atoms with van der Waals surface area (Å²) in [5.74, 6) is 0.522. The van der Waals surface area contributed by atoms with Gasteiger partial charge in [-0.15, -0.1) is 0 Å². The summed E-state index contributed by atoms with van der Waals surface area (Å²) in [5.41, 5.74) is 1.12. The van der Waals surface area contributed by atoms with Crippen LogP contribution in [0.4, 0.5) is 10.1 Å². The van der Waals surface area contributed by atoms with Gasteiger partial charge in [0.05, 0.1) is 0 Å². The number of carbonyl (C=O) groups excluding carboxylic acids is 1. The van der Waals surface area contributed by atoms with E-state index in [0.717, 1.165) is 58.0 Å². The van der Waals surface area contributed by atoms with Crippen LogP contribution in [0.1, 0.15) is 6.42 Å². The Labute approximate surface area is 142 Å². The summed E-state index contributed by atoms with van der Waals surface area (Å²) in [6, 6.07) is 7.47. The molecular formula is C18H25FN4O. The zero-order chi connectivity index (χ0) is 16.5. The van der Waals surface area contributed by atoms with Crippen LogP contribution >= 0.6 is 0 Å². The number of benzene rings is 1. The number of rotatable bonds is 4. The van der Waals surface area contributed by atoms with Crippen LogP contribution in [0.25, 0.3) is 0 Å².